The largest absolute Gasteiger partial charge is 0.371 e. The summed E-state index contributed by atoms with van der Waals surface area (Å²) in [5, 5.41) is 0. The molecule has 1 aliphatic rings. The van der Waals surface area contributed by atoms with Crippen LogP contribution in [0.25, 0.3) is 0 Å². The van der Waals surface area contributed by atoms with Crippen LogP contribution >= 0.6 is 0 Å². The molecule has 0 radical (unpaired) electrons. The van der Waals surface area contributed by atoms with Crippen molar-refractivity contribution >= 4 is 0 Å². The topological polar surface area (TPSA) is 6.48 Å². The molecule has 0 amide bonds. The second-order valence-electron chi connectivity index (χ2n) is 3.72. The Morgan fingerprint density at radius 2 is 2.08 bits per heavy atom. The number of likely N-dealkylation sites (N-methyl/N-ethyl adjacent to an activating group) is 1. The first-order chi connectivity index (χ1) is 5.65. The van der Waals surface area contributed by atoms with Gasteiger partial charge in [-0.25, -0.2) is 0 Å². The molecule has 2 heteroatoms. The van der Waals surface area contributed by atoms with E-state index in [1.54, 1.807) is 0 Å². The fourth-order valence-electron chi connectivity index (χ4n) is 1.73. The van der Waals surface area contributed by atoms with Gasteiger partial charge in [-0.2, -0.15) is 0 Å². The molecule has 0 N–H and O–H groups in total. The van der Waals surface area contributed by atoms with Gasteiger partial charge in [0.2, 0.25) is 0 Å². The third-order valence-electron chi connectivity index (χ3n) is 2.54. The van der Waals surface area contributed by atoms with Gasteiger partial charge in [0, 0.05) is 31.4 Å². The van der Waals surface area contributed by atoms with Crippen LogP contribution < -0.4 is 0 Å². The third kappa shape index (κ3) is 2.01. The normalized spacial score (nSPS) is 20.7. The first kappa shape index (κ1) is 9.59. The van der Waals surface area contributed by atoms with Gasteiger partial charge in [0.1, 0.15) is 0 Å². The number of rotatable bonds is 2. The number of nitrogens with zero attached hydrogens (tertiary/aromatic N) is 2. The fourth-order valence-corrected chi connectivity index (χ4v) is 1.73. The molecule has 2 nitrogen and oxygen atoms in total. The van der Waals surface area contributed by atoms with E-state index in [4.69, 9.17) is 0 Å². The number of hydrogen-bond acceptors (Lipinski definition) is 2. The van der Waals surface area contributed by atoms with Crippen molar-refractivity contribution in [3.63, 3.8) is 0 Å². The number of hydrogen-bond donors (Lipinski definition) is 0. The van der Waals surface area contributed by atoms with Crippen molar-refractivity contribution in [1.82, 2.24) is 9.80 Å². The van der Waals surface area contributed by atoms with E-state index in [9.17, 15) is 0 Å². The van der Waals surface area contributed by atoms with Crippen molar-refractivity contribution in [2.45, 2.75) is 26.8 Å². The predicted octanol–water partition coefficient (Wildman–Crippen LogP) is 1.55. The van der Waals surface area contributed by atoms with Gasteiger partial charge in [0.15, 0.2) is 0 Å². The third-order valence-corrected chi connectivity index (χ3v) is 2.54. The Morgan fingerprint density at radius 1 is 1.42 bits per heavy atom. The number of piperazine rings is 1. The van der Waals surface area contributed by atoms with E-state index in [1.807, 2.05) is 0 Å². The van der Waals surface area contributed by atoms with Crippen molar-refractivity contribution in [1.29, 1.82) is 0 Å². The molecule has 1 aliphatic heterocycles. The smallest absolute Gasteiger partial charge is 0.0378 e. The predicted molar refractivity (Wildman–Crippen MR) is 53.1 cm³/mol. The van der Waals surface area contributed by atoms with Crippen molar-refractivity contribution in [2.24, 2.45) is 0 Å². The second kappa shape index (κ2) is 3.94. The highest BCUT2D eigenvalue weighted by Gasteiger charge is 2.19. The van der Waals surface area contributed by atoms with Crippen LogP contribution in [0.2, 0.25) is 0 Å². The molecule has 0 atom stereocenters. The highest BCUT2D eigenvalue weighted by Crippen LogP contribution is 2.13. The summed E-state index contributed by atoms with van der Waals surface area (Å²) in [6.45, 7) is 15.3. The summed E-state index contributed by atoms with van der Waals surface area (Å²) in [4.78, 5) is 4.83. The van der Waals surface area contributed by atoms with E-state index in [-0.39, 0.29) is 0 Å². The van der Waals surface area contributed by atoms with Crippen LogP contribution in [0.15, 0.2) is 12.3 Å². The van der Waals surface area contributed by atoms with Gasteiger partial charge >= 0.3 is 0 Å². The lowest BCUT2D eigenvalue weighted by Crippen LogP contribution is -2.46. The molecular weight excluding hydrogens is 148 g/mol. The molecule has 0 spiro atoms. The first-order valence-corrected chi connectivity index (χ1v) is 4.82. The SMILES string of the molecule is C=C1CN(CC)CCN1C(C)C. The zero-order valence-electron chi connectivity index (χ0n) is 8.51. The zero-order valence-corrected chi connectivity index (χ0v) is 8.51. The summed E-state index contributed by atoms with van der Waals surface area (Å²) in [7, 11) is 0. The van der Waals surface area contributed by atoms with Crippen LogP contribution in [0.3, 0.4) is 0 Å². The molecule has 1 heterocycles. The van der Waals surface area contributed by atoms with Crippen molar-refractivity contribution in [2.75, 3.05) is 26.2 Å². The summed E-state index contributed by atoms with van der Waals surface area (Å²) < 4.78 is 0. The van der Waals surface area contributed by atoms with Gasteiger partial charge in [-0.3, -0.25) is 4.90 Å². The minimum atomic E-state index is 0.608. The molecule has 0 unspecified atom stereocenters. The Labute approximate surface area is 75.8 Å². The summed E-state index contributed by atoms with van der Waals surface area (Å²) in [5.41, 5.74) is 1.28. The molecule has 0 aromatic carbocycles. The van der Waals surface area contributed by atoms with E-state index < -0.39 is 0 Å². The standard InChI is InChI=1S/C10H20N2/c1-5-11-6-7-12(9(2)3)10(4)8-11/h9H,4-8H2,1-3H3. The van der Waals surface area contributed by atoms with Crippen LogP contribution in [0.1, 0.15) is 20.8 Å². The van der Waals surface area contributed by atoms with Crippen molar-refractivity contribution in [3.05, 3.63) is 12.3 Å². The lowest BCUT2D eigenvalue weighted by Gasteiger charge is -2.39. The molecule has 0 aromatic heterocycles. The van der Waals surface area contributed by atoms with Gasteiger partial charge < -0.3 is 4.90 Å². The Kier molecular flexibility index (Phi) is 3.15. The lowest BCUT2D eigenvalue weighted by atomic mass is 10.2. The van der Waals surface area contributed by atoms with E-state index in [0.29, 0.717) is 6.04 Å². The monoisotopic (exact) mass is 168 g/mol. The highest BCUT2D eigenvalue weighted by atomic mass is 15.3. The Bertz CT molecular complexity index is 163. The Balaban J connectivity index is 2.48. The van der Waals surface area contributed by atoms with E-state index >= 15 is 0 Å². The van der Waals surface area contributed by atoms with E-state index in [2.05, 4.69) is 37.1 Å². The molecule has 0 aromatic rings. The van der Waals surface area contributed by atoms with Crippen LogP contribution in [0, 0.1) is 0 Å². The van der Waals surface area contributed by atoms with Gasteiger partial charge in [-0.1, -0.05) is 13.5 Å². The van der Waals surface area contributed by atoms with Crippen LogP contribution in [0.5, 0.6) is 0 Å². The summed E-state index contributed by atoms with van der Waals surface area (Å²) >= 11 is 0. The zero-order chi connectivity index (χ0) is 9.14. The van der Waals surface area contributed by atoms with Crippen molar-refractivity contribution < 1.29 is 0 Å². The quantitative estimate of drug-likeness (QED) is 0.617. The maximum Gasteiger partial charge on any atom is 0.0378 e. The molecule has 1 fully saturated rings. The Hall–Kier alpha value is -0.500. The molecule has 70 valence electrons. The minimum absolute atomic E-state index is 0.608. The summed E-state index contributed by atoms with van der Waals surface area (Å²) in [6.07, 6.45) is 0. The lowest BCUT2D eigenvalue weighted by molar-refractivity contribution is 0.159. The van der Waals surface area contributed by atoms with Crippen LogP contribution in [-0.4, -0.2) is 42.0 Å². The molecule has 1 saturated heterocycles. The van der Waals surface area contributed by atoms with Gasteiger partial charge in [-0.15, -0.1) is 0 Å². The second-order valence-corrected chi connectivity index (χ2v) is 3.72. The highest BCUT2D eigenvalue weighted by molar-refractivity contribution is 5.01. The average Bonchev–Trinajstić information content (AvgIpc) is 2.03. The first-order valence-electron chi connectivity index (χ1n) is 4.82. The maximum absolute atomic E-state index is 4.10. The minimum Gasteiger partial charge on any atom is -0.371 e. The average molecular weight is 168 g/mol. The molecule has 0 saturated carbocycles. The van der Waals surface area contributed by atoms with E-state index in [0.717, 1.165) is 19.6 Å². The molecule has 12 heavy (non-hydrogen) atoms. The maximum atomic E-state index is 4.10. The Morgan fingerprint density at radius 3 is 2.50 bits per heavy atom. The van der Waals surface area contributed by atoms with E-state index in [1.165, 1.54) is 12.2 Å². The van der Waals surface area contributed by atoms with Gasteiger partial charge in [-0.05, 0) is 20.4 Å². The van der Waals surface area contributed by atoms with Crippen molar-refractivity contribution in [3.8, 4) is 0 Å². The molecule has 0 aliphatic carbocycles. The van der Waals surface area contributed by atoms with Gasteiger partial charge in [0.05, 0.1) is 0 Å². The van der Waals surface area contributed by atoms with Gasteiger partial charge in [0.25, 0.3) is 0 Å². The molecule has 1 rings (SSSR count). The molecule has 0 bridgehead atoms. The van der Waals surface area contributed by atoms with Crippen LogP contribution in [-0.2, 0) is 0 Å². The summed E-state index contributed by atoms with van der Waals surface area (Å²) in [6, 6.07) is 0.608. The molecular formula is C10H20N2. The van der Waals surface area contributed by atoms with Crippen LogP contribution in [0.4, 0.5) is 0 Å². The summed E-state index contributed by atoms with van der Waals surface area (Å²) in [5.74, 6) is 0. The fraction of sp³-hybridized carbons (Fsp3) is 0.800.